The van der Waals surface area contributed by atoms with Gasteiger partial charge >= 0.3 is 0 Å². The first-order valence-electron chi connectivity index (χ1n) is 9.45. The van der Waals surface area contributed by atoms with Gasteiger partial charge in [-0.1, -0.05) is 0 Å². The summed E-state index contributed by atoms with van der Waals surface area (Å²) in [5.74, 6) is -2.35. The minimum atomic E-state index is -1.02. The van der Waals surface area contributed by atoms with Gasteiger partial charge in [-0.05, 0) is 40.0 Å². The van der Waals surface area contributed by atoms with Gasteiger partial charge in [0, 0.05) is 25.4 Å². The number of anilines is 2. The molecule has 0 amide bonds. The van der Waals surface area contributed by atoms with E-state index in [-0.39, 0.29) is 40.8 Å². The van der Waals surface area contributed by atoms with Crippen LogP contribution in [0.2, 0.25) is 0 Å². The van der Waals surface area contributed by atoms with Crippen LogP contribution in [0, 0.1) is 11.6 Å². The molecule has 1 aromatic carbocycles. The summed E-state index contributed by atoms with van der Waals surface area (Å²) in [4.78, 5) is 24.5. The van der Waals surface area contributed by atoms with Gasteiger partial charge in [0.2, 0.25) is 5.43 Å². The second-order valence-corrected chi connectivity index (χ2v) is 7.41. The summed E-state index contributed by atoms with van der Waals surface area (Å²) in [6.45, 7) is 5.79. The maximum Gasteiger partial charge on any atom is 0.202 e. The van der Waals surface area contributed by atoms with Crippen LogP contribution in [0.15, 0.2) is 11.0 Å². The topological polar surface area (TPSA) is 86.3 Å². The molecule has 152 valence electrons. The van der Waals surface area contributed by atoms with Gasteiger partial charge in [-0.3, -0.25) is 9.59 Å². The third-order valence-corrected chi connectivity index (χ3v) is 4.78. The number of benzene rings is 1. The lowest BCUT2D eigenvalue weighted by molar-refractivity contribution is 0.0787. The van der Waals surface area contributed by atoms with Crippen molar-refractivity contribution in [2.45, 2.75) is 52.2 Å². The molecule has 0 radical (unpaired) electrons. The Bertz CT molecular complexity index is 981. The van der Waals surface area contributed by atoms with E-state index in [0.717, 1.165) is 12.8 Å². The van der Waals surface area contributed by atoms with E-state index in [1.807, 2.05) is 13.8 Å². The smallest absolute Gasteiger partial charge is 0.202 e. The number of nitrogen functional groups attached to an aromatic ring is 1. The molecule has 3 rings (SSSR count). The number of hydrogen-bond acceptors (Lipinski definition) is 5. The van der Waals surface area contributed by atoms with Crippen molar-refractivity contribution in [3.63, 3.8) is 0 Å². The number of halogens is 2. The standard InChI is InChI=1S/C20H25F2N3O3/c1-10(2)28-8-4-7-24-18-15(21)17(23)14-19(16(18)22)25(12-5-6-12)9-13(11(3)26)20(14)27/h9-10,12,24H,4-8,23H2,1-3H3. The van der Waals surface area contributed by atoms with Crippen molar-refractivity contribution in [2.24, 2.45) is 0 Å². The molecule has 1 aliphatic carbocycles. The molecule has 0 spiro atoms. The number of pyridine rings is 1. The molecule has 3 N–H and O–H groups in total. The van der Waals surface area contributed by atoms with Gasteiger partial charge in [-0.15, -0.1) is 0 Å². The van der Waals surface area contributed by atoms with Gasteiger partial charge in [-0.2, -0.15) is 0 Å². The number of hydrogen-bond donors (Lipinski definition) is 2. The predicted octanol–water partition coefficient (Wildman–Crippen LogP) is 3.63. The molecule has 6 nitrogen and oxygen atoms in total. The van der Waals surface area contributed by atoms with Crippen molar-refractivity contribution >= 4 is 28.1 Å². The van der Waals surface area contributed by atoms with E-state index in [1.165, 1.54) is 13.1 Å². The quantitative estimate of drug-likeness (QED) is 0.406. The molecule has 1 fully saturated rings. The summed E-state index contributed by atoms with van der Waals surface area (Å²) in [5, 5.41) is 2.46. The van der Waals surface area contributed by atoms with Crippen molar-refractivity contribution in [1.82, 2.24) is 4.57 Å². The molecule has 0 unspecified atom stereocenters. The van der Waals surface area contributed by atoms with E-state index in [2.05, 4.69) is 5.32 Å². The predicted molar refractivity (Wildman–Crippen MR) is 105 cm³/mol. The van der Waals surface area contributed by atoms with Crippen LogP contribution in [0.1, 0.15) is 56.4 Å². The molecule has 0 saturated heterocycles. The maximum absolute atomic E-state index is 15.3. The molecule has 0 bridgehead atoms. The molecule has 0 aliphatic heterocycles. The molecule has 0 atom stereocenters. The summed E-state index contributed by atoms with van der Waals surface area (Å²) < 4.78 is 37.0. The number of aromatic nitrogens is 1. The van der Waals surface area contributed by atoms with E-state index in [1.54, 1.807) is 4.57 Å². The first-order valence-corrected chi connectivity index (χ1v) is 9.45. The molecule has 1 heterocycles. The Hall–Kier alpha value is -2.48. The molecule has 8 heteroatoms. The number of ketones is 1. The van der Waals surface area contributed by atoms with Crippen molar-refractivity contribution in [1.29, 1.82) is 0 Å². The Morgan fingerprint density at radius 2 is 2.04 bits per heavy atom. The number of fused-ring (bicyclic) bond motifs is 1. The summed E-state index contributed by atoms with van der Waals surface area (Å²) in [5.41, 5.74) is 4.16. The average Bonchev–Trinajstić information content (AvgIpc) is 3.46. The summed E-state index contributed by atoms with van der Waals surface area (Å²) in [6.07, 6.45) is 3.58. The molecule has 1 saturated carbocycles. The van der Waals surface area contributed by atoms with E-state index >= 15 is 4.39 Å². The van der Waals surface area contributed by atoms with Crippen LogP contribution < -0.4 is 16.5 Å². The number of carbonyl (C=O) groups is 1. The van der Waals surface area contributed by atoms with Crippen molar-refractivity contribution < 1.29 is 18.3 Å². The minimum absolute atomic E-state index is 0.0344. The highest BCUT2D eigenvalue weighted by Gasteiger charge is 2.31. The molecular formula is C20H25F2N3O3. The number of Topliss-reactive ketones (excluding diaryl/α,β-unsaturated/α-hetero) is 1. The number of rotatable bonds is 8. The van der Waals surface area contributed by atoms with Crippen molar-refractivity contribution in [3.05, 3.63) is 33.6 Å². The highest BCUT2D eigenvalue weighted by molar-refractivity contribution is 6.01. The molecule has 1 aromatic heterocycles. The molecular weight excluding hydrogens is 368 g/mol. The first-order chi connectivity index (χ1) is 13.2. The third-order valence-electron chi connectivity index (χ3n) is 4.78. The van der Waals surface area contributed by atoms with Crippen LogP contribution in [0.25, 0.3) is 10.9 Å². The number of nitrogens with zero attached hydrogens (tertiary/aromatic N) is 1. The van der Waals surface area contributed by atoms with Gasteiger partial charge in [0.25, 0.3) is 0 Å². The summed E-state index contributed by atoms with van der Waals surface area (Å²) in [6, 6.07) is -0.0344. The van der Waals surface area contributed by atoms with Crippen LogP contribution in [0.4, 0.5) is 20.2 Å². The summed E-state index contributed by atoms with van der Waals surface area (Å²) >= 11 is 0. The van der Waals surface area contributed by atoms with Crippen molar-refractivity contribution in [2.75, 3.05) is 24.2 Å². The normalized spacial score (nSPS) is 14.1. The number of nitrogens with two attached hydrogens (primary N) is 1. The first kappa shape index (κ1) is 20.3. The van der Waals surface area contributed by atoms with E-state index in [0.29, 0.717) is 13.0 Å². The van der Waals surface area contributed by atoms with Gasteiger partial charge in [0.15, 0.2) is 17.4 Å². The van der Waals surface area contributed by atoms with E-state index < -0.39 is 28.5 Å². The fraction of sp³-hybridized carbons (Fsp3) is 0.500. The van der Waals surface area contributed by atoms with Crippen molar-refractivity contribution in [3.8, 4) is 0 Å². The molecule has 1 aliphatic rings. The lowest BCUT2D eigenvalue weighted by Gasteiger charge is -2.18. The van der Waals surface area contributed by atoms with Gasteiger partial charge in [0.1, 0.15) is 5.69 Å². The average molecular weight is 393 g/mol. The minimum Gasteiger partial charge on any atom is -0.396 e. The van der Waals surface area contributed by atoms with Crippen LogP contribution >= 0.6 is 0 Å². The Kier molecular flexibility index (Phi) is 5.69. The Morgan fingerprint density at radius 1 is 1.36 bits per heavy atom. The van der Waals surface area contributed by atoms with Crippen LogP contribution in [-0.2, 0) is 4.74 Å². The van der Waals surface area contributed by atoms with Gasteiger partial charge < -0.3 is 20.4 Å². The monoisotopic (exact) mass is 393 g/mol. The SMILES string of the molecule is CC(=O)c1cn(C2CC2)c2c(F)c(NCCCOC(C)C)c(F)c(N)c2c1=O. The third kappa shape index (κ3) is 3.73. The summed E-state index contributed by atoms with van der Waals surface area (Å²) in [7, 11) is 0. The zero-order valence-electron chi connectivity index (χ0n) is 16.3. The molecule has 28 heavy (non-hydrogen) atoms. The van der Waals surface area contributed by atoms with Crippen LogP contribution in [0.3, 0.4) is 0 Å². The second kappa shape index (κ2) is 7.87. The van der Waals surface area contributed by atoms with Gasteiger partial charge in [0.05, 0.1) is 28.3 Å². The highest BCUT2D eigenvalue weighted by atomic mass is 19.1. The van der Waals surface area contributed by atoms with Crippen LogP contribution in [0.5, 0.6) is 0 Å². The lowest BCUT2D eigenvalue weighted by Crippen LogP contribution is -2.21. The lowest BCUT2D eigenvalue weighted by atomic mass is 10.0. The second-order valence-electron chi connectivity index (χ2n) is 7.41. The zero-order valence-corrected chi connectivity index (χ0v) is 16.3. The van der Waals surface area contributed by atoms with Gasteiger partial charge in [-0.25, -0.2) is 8.78 Å². The Labute approximate surface area is 161 Å². The Morgan fingerprint density at radius 3 is 2.61 bits per heavy atom. The maximum atomic E-state index is 15.3. The number of carbonyl (C=O) groups excluding carboxylic acids is 1. The zero-order chi connectivity index (χ0) is 20.6. The fourth-order valence-corrected chi connectivity index (χ4v) is 3.22. The highest BCUT2D eigenvalue weighted by Crippen LogP contribution is 2.40. The van der Waals surface area contributed by atoms with Crippen LogP contribution in [-0.4, -0.2) is 29.6 Å². The largest absolute Gasteiger partial charge is 0.396 e. The van der Waals surface area contributed by atoms with E-state index in [9.17, 15) is 14.0 Å². The van der Waals surface area contributed by atoms with E-state index in [4.69, 9.17) is 10.5 Å². The number of nitrogens with one attached hydrogen (secondary N) is 1. The fourth-order valence-electron chi connectivity index (χ4n) is 3.22. The number of ether oxygens (including phenoxy) is 1. The Balaban J connectivity index is 2.08. The molecule has 2 aromatic rings.